The number of carbonyl (C=O) groups is 1. The molecule has 3 nitrogen and oxygen atoms in total. The first-order valence-electron chi connectivity index (χ1n) is 3.83. The molecule has 2 N–H and O–H groups in total. The van der Waals surface area contributed by atoms with Crippen LogP contribution in [0.2, 0.25) is 0 Å². The van der Waals surface area contributed by atoms with Gasteiger partial charge in [0.2, 0.25) is 0 Å². The predicted molar refractivity (Wildman–Crippen MR) is 46.0 cm³/mol. The van der Waals surface area contributed by atoms with E-state index < -0.39 is 5.97 Å². The van der Waals surface area contributed by atoms with Crippen molar-refractivity contribution in [1.29, 1.82) is 0 Å². The van der Waals surface area contributed by atoms with Crippen LogP contribution in [0.5, 0.6) is 0 Å². The van der Waals surface area contributed by atoms with Gasteiger partial charge >= 0.3 is 5.97 Å². The maximum Gasteiger partial charge on any atom is 0.321 e. The third kappa shape index (κ3) is 2.10. The third-order valence-electron chi connectivity index (χ3n) is 1.81. The highest BCUT2D eigenvalue weighted by Gasteiger charge is 2.31. The molecule has 2 atom stereocenters. The molecule has 0 aliphatic carbocycles. The highest BCUT2D eigenvalue weighted by Crippen LogP contribution is 2.22. The molecule has 0 aromatic rings. The van der Waals surface area contributed by atoms with E-state index in [0.29, 0.717) is 0 Å². The Morgan fingerprint density at radius 3 is 3.09 bits per heavy atom. The van der Waals surface area contributed by atoms with Gasteiger partial charge in [0.25, 0.3) is 0 Å². The largest absolute Gasteiger partial charge is 0.480 e. The lowest BCUT2D eigenvalue weighted by atomic mass is 10.2. The van der Waals surface area contributed by atoms with Gasteiger partial charge in [-0.15, -0.1) is 0 Å². The van der Waals surface area contributed by atoms with Crippen molar-refractivity contribution in [3.63, 3.8) is 0 Å². The third-order valence-corrected chi connectivity index (χ3v) is 3.08. The first-order valence-corrected chi connectivity index (χ1v) is 4.88. The average Bonchev–Trinajstić information content (AvgIpc) is 2.36. The number of rotatable bonds is 3. The van der Waals surface area contributed by atoms with Crippen molar-refractivity contribution >= 4 is 17.7 Å². The maximum atomic E-state index is 10.6. The minimum absolute atomic E-state index is 0.275. The zero-order valence-electron chi connectivity index (χ0n) is 6.54. The van der Waals surface area contributed by atoms with Crippen LogP contribution in [0.15, 0.2) is 0 Å². The Kier molecular flexibility index (Phi) is 3.20. The van der Waals surface area contributed by atoms with E-state index in [9.17, 15) is 4.79 Å². The molecule has 1 rings (SSSR count). The summed E-state index contributed by atoms with van der Waals surface area (Å²) in [7, 11) is 0. The summed E-state index contributed by atoms with van der Waals surface area (Å²) in [6.45, 7) is 2.90. The number of carboxylic acids is 1. The molecule has 0 radical (unpaired) electrons. The number of thioether (sulfide) groups is 1. The lowest BCUT2D eigenvalue weighted by Crippen LogP contribution is -2.36. The molecule has 0 saturated carbocycles. The van der Waals surface area contributed by atoms with Gasteiger partial charge in [0, 0.05) is 5.25 Å². The van der Waals surface area contributed by atoms with Gasteiger partial charge in [0.05, 0.1) is 0 Å². The molecule has 4 heteroatoms. The number of hydrogen-bond donors (Lipinski definition) is 2. The van der Waals surface area contributed by atoms with Crippen LogP contribution in [0.3, 0.4) is 0 Å². The average molecular weight is 175 g/mol. The van der Waals surface area contributed by atoms with Crippen LogP contribution in [0.1, 0.15) is 13.3 Å². The molecule has 0 aromatic carbocycles. The zero-order valence-corrected chi connectivity index (χ0v) is 7.36. The molecule has 1 aliphatic rings. The summed E-state index contributed by atoms with van der Waals surface area (Å²) in [4.78, 5) is 10.6. The Bertz CT molecular complexity index is 151. The SMILES string of the molecule is CCSC1CCN[C@@H]1C(=O)O. The number of hydrogen-bond acceptors (Lipinski definition) is 3. The summed E-state index contributed by atoms with van der Waals surface area (Å²) in [5.74, 6) is 0.282. The highest BCUT2D eigenvalue weighted by molar-refractivity contribution is 7.99. The van der Waals surface area contributed by atoms with E-state index in [0.717, 1.165) is 18.7 Å². The van der Waals surface area contributed by atoms with Gasteiger partial charge in [-0.1, -0.05) is 6.92 Å². The van der Waals surface area contributed by atoms with Crippen LogP contribution in [0.4, 0.5) is 0 Å². The first kappa shape index (κ1) is 8.87. The minimum Gasteiger partial charge on any atom is -0.480 e. The van der Waals surface area contributed by atoms with E-state index in [4.69, 9.17) is 5.11 Å². The van der Waals surface area contributed by atoms with E-state index in [1.54, 1.807) is 11.8 Å². The minimum atomic E-state index is -0.714. The Hall–Kier alpha value is -0.220. The maximum absolute atomic E-state index is 10.6. The Morgan fingerprint density at radius 2 is 2.55 bits per heavy atom. The fourth-order valence-corrected chi connectivity index (χ4v) is 2.44. The van der Waals surface area contributed by atoms with Crippen molar-refractivity contribution in [2.45, 2.75) is 24.6 Å². The van der Waals surface area contributed by atoms with Gasteiger partial charge < -0.3 is 10.4 Å². The molecule has 1 aliphatic heterocycles. The summed E-state index contributed by atoms with van der Waals surface area (Å²) in [6, 6.07) is -0.319. The number of carboxylic acid groups (broad SMARTS) is 1. The summed E-state index contributed by atoms with van der Waals surface area (Å²) in [6.07, 6.45) is 0.982. The highest BCUT2D eigenvalue weighted by atomic mass is 32.2. The van der Waals surface area contributed by atoms with Crippen LogP contribution in [0.25, 0.3) is 0 Å². The van der Waals surface area contributed by atoms with Crippen LogP contribution >= 0.6 is 11.8 Å². The molecule has 1 unspecified atom stereocenters. The number of nitrogens with one attached hydrogen (secondary N) is 1. The van der Waals surface area contributed by atoms with Gasteiger partial charge in [0.15, 0.2) is 0 Å². The fraction of sp³-hybridized carbons (Fsp3) is 0.857. The second-order valence-electron chi connectivity index (χ2n) is 2.55. The molecule has 0 amide bonds. The molecule has 64 valence electrons. The van der Waals surface area contributed by atoms with E-state index >= 15 is 0 Å². The fourth-order valence-electron chi connectivity index (χ4n) is 1.32. The monoisotopic (exact) mass is 175 g/mol. The molecule has 0 aromatic heterocycles. The molecule has 11 heavy (non-hydrogen) atoms. The Balaban J connectivity index is 2.44. The van der Waals surface area contributed by atoms with Crippen molar-refractivity contribution < 1.29 is 9.90 Å². The van der Waals surface area contributed by atoms with Crippen LogP contribution in [0, 0.1) is 0 Å². The second-order valence-corrected chi connectivity index (χ2v) is 4.07. The van der Waals surface area contributed by atoms with Gasteiger partial charge in [0.1, 0.15) is 6.04 Å². The summed E-state index contributed by atoms with van der Waals surface area (Å²) >= 11 is 1.73. The molecule has 1 heterocycles. The lowest BCUT2D eigenvalue weighted by Gasteiger charge is -2.13. The molecular formula is C7H13NO2S. The zero-order chi connectivity index (χ0) is 8.27. The second kappa shape index (κ2) is 3.97. The quantitative estimate of drug-likeness (QED) is 0.658. The standard InChI is InChI=1S/C7H13NO2S/c1-2-11-5-3-4-8-6(5)7(9)10/h5-6,8H,2-4H2,1H3,(H,9,10)/t5?,6-/m0/s1. The molecule has 0 bridgehead atoms. The van der Waals surface area contributed by atoms with Crippen molar-refractivity contribution in [3.05, 3.63) is 0 Å². The van der Waals surface area contributed by atoms with Gasteiger partial charge in [-0.3, -0.25) is 4.79 Å². The van der Waals surface area contributed by atoms with Crippen molar-refractivity contribution in [2.75, 3.05) is 12.3 Å². The number of aliphatic carboxylic acids is 1. The van der Waals surface area contributed by atoms with E-state index in [1.165, 1.54) is 0 Å². The van der Waals surface area contributed by atoms with Gasteiger partial charge in [-0.2, -0.15) is 11.8 Å². The van der Waals surface area contributed by atoms with E-state index in [1.807, 2.05) is 0 Å². The van der Waals surface area contributed by atoms with Crippen molar-refractivity contribution in [1.82, 2.24) is 5.32 Å². The molecule has 1 fully saturated rings. The van der Waals surface area contributed by atoms with Crippen molar-refractivity contribution in [3.8, 4) is 0 Å². The first-order chi connectivity index (χ1) is 5.25. The van der Waals surface area contributed by atoms with Gasteiger partial charge in [-0.25, -0.2) is 0 Å². The van der Waals surface area contributed by atoms with Crippen molar-refractivity contribution in [2.24, 2.45) is 0 Å². The molecule has 1 saturated heterocycles. The summed E-state index contributed by atoms with van der Waals surface area (Å²) < 4.78 is 0. The summed E-state index contributed by atoms with van der Waals surface area (Å²) in [5, 5.41) is 12.0. The topological polar surface area (TPSA) is 49.3 Å². The van der Waals surface area contributed by atoms with E-state index in [-0.39, 0.29) is 11.3 Å². The van der Waals surface area contributed by atoms with Gasteiger partial charge in [-0.05, 0) is 18.7 Å². The summed E-state index contributed by atoms with van der Waals surface area (Å²) in [5.41, 5.74) is 0. The normalized spacial score (nSPS) is 30.6. The Morgan fingerprint density at radius 1 is 1.82 bits per heavy atom. The Labute approximate surface area is 70.6 Å². The van der Waals surface area contributed by atoms with E-state index in [2.05, 4.69) is 12.2 Å². The molecule has 0 spiro atoms. The lowest BCUT2D eigenvalue weighted by molar-refractivity contribution is -0.138. The van der Waals surface area contributed by atoms with Crippen LogP contribution < -0.4 is 5.32 Å². The molecular weight excluding hydrogens is 162 g/mol. The predicted octanol–water partition coefficient (Wildman–Crippen LogP) is 0.555. The van der Waals surface area contributed by atoms with Crippen LogP contribution in [-0.2, 0) is 4.79 Å². The van der Waals surface area contributed by atoms with Crippen LogP contribution in [-0.4, -0.2) is 34.7 Å². The smallest absolute Gasteiger partial charge is 0.321 e.